The van der Waals surface area contributed by atoms with Gasteiger partial charge in [-0.2, -0.15) is 0 Å². The third-order valence-electron chi connectivity index (χ3n) is 4.10. The number of rotatable bonds is 6. The van der Waals surface area contributed by atoms with Gasteiger partial charge in [0.15, 0.2) is 6.61 Å². The van der Waals surface area contributed by atoms with Gasteiger partial charge in [-0.15, -0.1) is 23.1 Å². The van der Waals surface area contributed by atoms with Crippen LogP contribution in [0.2, 0.25) is 0 Å². The molecular weight excluding hydrogens is 432 g/mol. The van der Waals surface area contributed by atoms with Crippen molar-refractivity contribution >= 4 is 55.8 Å². The second-order valence-corrected chi connectivity index (χ2v) is 9.65. The fourth-order valence-electron chi connectivity index (χ4n) is 2.74. The predicted molar refractivity (Wildman–Crippen MR) is 128 cm³/mol. The monoisotopic (exact) mass is 456 g/mol. The van der Waals surface area contributed by atoms with Gasteiger partial charge in [0.2, 0.25) is 0 Å². The van der Waals surface area contributed by atoms with Gasteiger partial charge in [-0.1, -0.05) is 12.1 Å². The zero-order valence-electron chi connectivity index (χ0n) is 17.8. The Labute approximate surface area is 189 Å². The second kappa shape index (κ2) is 9.53. The van der Waals surface area contributed by atoms with E-state index in [1.807, 2.05) is 30.5 Å². The first-order valence-electron chi connectivity index (χ1n) is 9.57. The number of thioether (sulfide) groups is 1. The Kier molecular flexibility index (Phi) is 7.02. The molecule has 0 saturated heterocycles. The van der Waals surface area contributed by atoms with Crippen LogP contribution in [-0.2, 0) is 9.53 Å². The Bertz CT molecular complexity index is 1110. The van der Waals surface area contributed by atoms with Gasteiger partial charge in [-0.3, -0.25) is 10.2 Å². The summed E-state index contributed by atoms with van der Waals surface area (Å²) < 4.78 is 11.6. The van der Waals surface area contributed by atoms with Crippen molar-refractivity contribution in [3.8, 4) is 5.75 Å². The summed E-state index contributed by atoms with van der Waals surface area (Å²) in [7, 11) is 0. The van der Waals surface area contributed by atoms with Crippen LogP contribution in [0.1, 0.15) is 36.0 Å². The smallest absolute Gasteiger partial charge is 0.344 e. The van der Waals surface area contributed by atoms with Crippen LogP contribution in [0.3, 0.4) is 0 Å². The Balaban J connectivity index is 1.61. The van der Waals surface area contributed by atoms with Crippen molar-refractivity contribution in [1.29, 1.82) is 5.41 Å². The number of thiophene rings is 1. The molecule has 2 aromatic carbocycles. The van der Waals surface area contributed by atoms with Gasteiger partial charge in [0, 0.05) is 16.0 Å². The molecule has 2 N–H and O–H groups in total. The van der Waals surface area contributed by atoms with E-state index in [4.69, 9.17) is 14.9 Å². The SMILES string of the molecule is CSC(=N)c1ccc2cc(C(=O)Nc3ccc(OCC(=O)OC(C)(C)C)cc3)sc2c1. The largest absolute Gasteiger partial charge is 0.482 e. The minimum atomic E-state index is -0.556. The highest BCUT2D eigenvalue weighted by molar-refractivity contribution is 8.13. The van der Waals surface area contributed by atoms with Crippen LogP contribution < -0.4 is 10.1 Å². The van der Waals surface area contributed by atoms with Gasteiger partial charge < -0.3 is 14.8 Å². The van der Waals surface area contributed by atoms with E-state index in [1.54, 1.807) is 45.0 Å². The van der Waals surface area contributed by atoms with Gasteiger partial charge >= 0.3 is 5.97 Å². The highest BCUT2D eigenvalue weighted by Crippen LogP contribution is 2.28. The molecule has 0 bridgehead atoms. The number of ether oxygens (including phenoxy) is 2. The number of carbonyl (C=O) groups is 2. The molecule has 0 unspecified atom stereocenters. The maximum Gasteiger partial charge on any atom is 0.344 e. The standard InChI is InChI=1S/C23H24N2O4S2/c1-23(2,3)29-20(26)13-28-17-9-7-16(8-10-17)25-22(27)19-11-14-5-6-15(21(24)30-4)12-18(14)31-19/h5-12,24H,13H2,1-4H3,(H,25,27). The topological polar surface area (TPSA) is 88.5 Å². The van der Waals surface area contributed by atoms with Crippen molar-refractivity contribution in [1.82, 2.24) is 0 Å². The summed E-state index contributed by atoms with van der Waals surface area (Å²) in [6, 6.07) is 14.4. The van der Waals surface area contributed by atoms with Crippen molar-refractivity contribution in [3.63, 3.8) is 0 Å². The molecule has 0 aliphatic carbocycles. The Morgan fingerprint density at radius 3 is 2.45 bits per heavy atom. The van der Waals surface area contributed by atoms with E-state index in [1.165, 1.54) is 23.1 Å². The average Bonchev–Trinajstić information content (AvgIpc) is 3.15. The van der Waals surface area contributed by atoms with E-state index >= 15 is 0 Å². The Morgan fingerprint density at radius 2 is 1.81 bits per heavy atom. The first kappa shape index (κ1) is 22.8. The molecule has 0 aliphatic heterocycles. The van der Waals surface area contributed by atoms with Crippen molar-refractivity contribution < 1.29 is 19.1 Å². The molecule has 0 aliphatic rings. The Hall–Kier alpha value is -2.84. The predicted octanol–water partition coefficient (Wildman–Crippen LogP) is 5.56. The summed E-state index contributed by atoms with van der Waals surface area (Å²) in [5, 5.41) is 12.3. The maximum atomic E-state index is 12.7. The normalized spacial score (nSPS) is 11.2. The molecular formula is C23H24N2O4S2. The second-order valence-electron chi connectivity index (χ2n) is 7.75. The summed E-state index contributed by atoms with van der Waals surface area (Å²) in [5.74, 6) is -0.134. The lowest BCUT2D eigenvalue weighted by molar-refractivity contribution is -0.157. The van der Waals surface area contributed by atoms with Crippen LogP contribution in [0.25, 0.3) is 10.1 Å². The molecule has 6 nitrogen and oxygen atoms in total. The number of benzene rings is 2. The molecule has 31 heavy (non-hydrogen) atoms. The Morgan fingerprint density at radius 1 is 1.10 bits per heavy atom. The highest BCUT2D eigenvalue weighted by Gasteiger charge is 2.17. The molecule has 8 heteroatoms. The molecule has 1 aromatic heterocycles. The summed E-state index contributed by atoms with van der Waals surface area (Å²) in [4.78, 5) is 25.0. The van der Waals surface area contributed by atoms with Gasteiger partial charge in [0.25, 0.3) is 5.91 Å². The highest BCUT2D eigenvalue weighted by atomic mass is 32.2. The molecule has 3 rings (SSSR count). The number of esters is 1. The number of nitrogens with one attached hydrogen (secondary N) is 2. The molecule has 3 aromatic rings. The van der Waals surface area contributed by atoms with Gasteiger partial charge in [0.1, 0.15) is 11.4 Å². The zero-order valence-corrected chi connectivity index (χ0v) is 19.4. The third-order valence-corrected chi connectivity index (χ3v) is 5.84. The van der Waals surface area contributed by atoms with E-state index in [2.05, 4.69) is 5.32 Å². The number of fused-ring (bicyclic) bond motifs is 1. The van der Waals surface area contributed by atoms with Crippen molar-refractivity contribution in [3.05, 3.63) is 59.0 Å². The number of hydrogen-bond donors (Lipinski definition) is 2. The van der Waals surface area contributed by atoms with Crippen LogP contribution in [0.15, 0.2) is 48.5 Å². The number of carbonyl (C=O) groups excluding carboxylic acids is 2. The van der Waals surface area contributed by atoms with Crippen LogP contribution >= 0.6 is 23.1 Å². The summed E-state index contributed by atoms with van der Waals surface area (Å²) in [6.07, 6.45) is 1.87. The molecule has 0 radical (unpaired) electrons. The minimum Gasteiger partial charge on any atom is -0.482 e. The van der Waals surface area contributed by atoms with E-state index in [9.17, 15) is 9.59 Å². The number of hydrogen-bond acceptors (Lipinski definition) is 7. The van der Waals surface area contributed by atoms with Crippen molar-refractivity contribution in [2.75, 3.05) is 18.2 Å². The van der Waals surface area contributed by atoms with Gasteiger partial charge in [-0.25, -0.2) is 4.79 Å². The van der Waals surface area contributed by atoms with Gasteiger partial charge in [0.05, 0.1) is 9.92 Å². The summed E-state index contributed by atoms with van der Waals surface area (Å²) in [6.45, 7) is 5.22. The van der Waals surface area contributed by atoms with E-state index in [0.717, 1.165) is 15.6 Å². The lowest BCUT2D eigenvalue weighted by atomic mass is 10.2. The first-order chi connectivity index (χ1) is 14.6. The van der Waals surface area contributed by atoms with Crippen molar-refractivity contribution in [2.24, 2.45) is 0 Å². The van der Waals surface area contributed by atoms with E-state index < -0.39 is 11.6 Å². The molecule has 0 atom stereocenters. The van der Waals surface area contributed by atoms with Crippen LogP contribution in [-0.4, -0.2) is 35.4 Å². The molecule has 0 spiro atoms. The number of amides is 1. The molecule has 0 fully saturated rings. The zero-order chi connectivity index (χ0) is 22.6. The first-order valence-corrected chi connectivity index (χ1v) is 11.6. The fraction of sp³-hybridized carbons (Fsp3) is 0.261. The molecule has 162 valence electrons. The quantitative estimate of drug-likeness (QED) is 0.288. The van der Waals surface area contributed by atoms with Crippen LogP contribution in [0, 0.1) is 5.41 Å². The summed E-state index contributed by atoms with van der Waals surface area (Å²) >= 11 is 2.77. The van der Waals surface area contributed by atoms with Gasteiger partial charge in [-0.05, 0) is 68.8 Å². The summed E-state index contributed by atoms with van der Waals surface area (Å²) in [5.41, 5.74) is 0.909. The average molecular weight is 457 g/mol. The molecule has 1 amide bonds. The molecule has 1 heterocycles. The minimum absolute atomic E-state index is 0.180. The van der Waals surface area contributed by atoms with E-state index in [-0.39, 0.29) is 12.5 Å². The fourth-order valence-corrected chi connectivity index (χ4v) is 4.10. The molecule has 0 saturated carbocycles. The van der Waals surface area contributed by atoms with Crippen molar-refractivity contribution in [2.45, 2.75) is 26.4 Å². The lowest BCUT2D eigenvalue weighted by Crippen LogP contribution is -2.27. The third kappa shape index (κ3) is 6.32. The van der Waals surface area contributed by atoms with Crippen LogP contribution in [0.5, 0.6) is 5.75 Å². The van der Waals surface area contributed by atoms with Crippen LogP contribution in [0.4, 0.5) is 5.69 Å². The van der Waals surface area contributed by atoms with E-state index in [0.29, 0.717) is 21.4 Å². The number of anilines is 1. The lowest BCUT2D eigenvalue weighted by Gasteiger charge is -2.19. The maximum absolute atomic E-state index is 12.7.